The molecule has 6 nitrogen and oxygen atoms in total. The minimum absolute atomic E-state index is 0.0839. The third-order valence-corrected chi connectivity index (χ3v) is 3.66. The molecular weight excluding hydrogens is 234 g/mol. The number of aliphatic carboxylic acids is 1. The van der Waals surface area contributed by atoms with Crippen LogP contribution in [0.2, 0.25) is 0 Å². The van der Waals surface area contributed by atoms with Crippen molar-refractivity contribution in [3.05, 3.63) is 0 Å². The molecule has 18 heavy (non-hydrogen) atoms. The summed E-state index contributed by atoms with van der Waals surface area (Å²) in [4.78, 5) is 24.7. The quantitative estimate of drug-likeness (QED) is 0.667. The van der Waals surface area contributed by atoms with Crippen molar-refractivity contribution >= 4 is 12.0 Å². The van der Waals surface area contributed by atoms with Crippen molar-refractivity contribution in [3.8, 4) is 0 Å². The molecule has 1 saturated heterocycles. The van der Waals surface area contributed by atoms with Gasteiger partial charge in [-0.2, -0.15) is 0 Å². The molecule has 1 heterocycles. The molecule has 1 fully saturated rings. The highest BCUT2D eigenvalue weighted by molar-refractivity contribution is 5.82. The number of amides is 2. The third kappa shape index (κ3) is 3.60. The summed E-state index contributed by atoms with van der Waals surface area (Å²) >= 11 is 0. The number of nitrogens with zero attached hydrogens (tertiary/aromatic N) is 1. The van der Waals surface area contributed by atoms with Gasteiger partial charge in [-0.1, -0.05) is 20.3 Å². The van der Waals surface area contributed by atoms with Gasteiger partial charge >= 0.3 is 12.0 Å². The smallest absolute Gasteiger partial charge is 0.326 e. The lowest BCUT2D eigenvalue weighted by atomic mass is 9.99. The van der Waals surface area contributed by atoms with Crippen molar-refractivity contribution in [1.29, 1.82) is 0 Å². The van der Waals surface area contributed by atoms with Crippen LogP contribution in [0.1, 0.15) is 26.7 Å². The van der Waals surface area contributed by atoms with E-state index in [0.29, 0.717) is 32.0 Å². The zero-order valence-corrected chi connectivity index (χ0v) is 11.1. The Hall–Kier alpha value is -1.30. The summed E-state index contributed by atoms with van der Waals surface area (Å²) in [5.74, 6) is -0.728. The Bertz CT molecular complexity index is 309. The molecule has 3 atom stereocenters. The molecule has 0 saturated carbocycles. The summed E-state index contributed by atoms with van der Waals surface area (Å²) in [6.45, 7) is 5.58. The van der Waals surface area contributed by atoms with Gasteiger partial charge in [-0.3, -0.25) is 0 Å². The summed E-state index contributed by atoms with van der Waals surface area (Å²) in [6, 6.07) is -1.11. The van der Waals surface area contributed by atoms with E-state index in [1.807, 2.05) is 13.8 Å². The second kappa shape index (κ2) is 6.58. The van der Waals surface area contributed by atoms with Crippen LogP contribution in [0.3, 0.4) is 0 Å². The minimum Gasteiger partial charge on any atom is -0.480 e. The molecule has 1 rings (SSSR count). The summed E-state index contributed by atoms with van der Waals surface area (Å²) in [7, 11) is 0. The minimum atomic E-state index is -0.979. The van der Waals surface area contributed by atoms with E-state index in [-0.39, 0.29) is 11.9 Å². The molecule has 0 aliphatic carbocycles. The molecule has 2 unspecified atom stereocenters. The van der Waals surface area contributed by atoms with Crippen molar-refractivity contribution in [1.82, 2.24) is 10.2 Å². The van der Waals surface area contributed by atoms with E-state index in [9.17, 15) is 9.59 Å². The number of carbonyl (C=O) groups is 2. The van der Waals surface area contributed by atoms with E-state index >= 15 is 0 Å². The number of likely N-dealkylation sites (tertiary alicyclic amines) is 1. The lowest BCUT2D eigenvalue weighted by Crippen LogP contribution is -2.50. The standard InChI is InChI=1S/C12H23N3O3/c1-3-8(2)10(11(16)17)14-12(18)15-5-4-9(6-13)7-15/h8-10H,3-7,13H2,1-2H3,(H,14,18)(H,16,17)/t8?,9?,10-/m0/s1. The average Bonchev–Trinajstić information content (AvgIpc) is 2.83. The van der Waals surface area contributed by atoms with Gasteiger partial charge < -0.3 is 21.1 Å². The average molecular weight is 257 g/mol. The van der Waals surface area contributed by atoms with Gasteiger partial charge in [0.2, 0.25) is 0 Å². The topological polar surface area (TPSA) is 95.7 Å². The highest BCUT2D eigenvalue weighted by Crippen LogP contribution is 2.15. The fraction of sp³-hybridized carbons (Fsp3) is 0.833. The van der Waals surface area contributed by atoms with Gasteiger partial charge in [0.15, 0.2) is 0 Å². The van der Waals surface area contributed by atoms with Crippen molar-refractivity contribution in [3.63, 3.8) is 0 Å². The Labute approximate surface area is 108 Å². The number of hydrogen-bond acceptors (Lipinski definition) is 3. The van der Waals surface area contributed by atoms with E-state index in [2.05, 4.69) is 5.32 Å². The van der Waals surface area contributed by atoms with E-state index < -0.39 is 12.0 Å². The Balaban J connectivity index is 2.54. The van der Waals surface area contributed by atoms with Crippen molar-refractivity contribution in [2.24, 2.45) is 17.6 Å². The molecule has 1 aliphatic heterocycles. The van der Waals surface area contributed by atoms with Gasteiger partial charge in [0.25, 0.3) is 0 Å². The molecule has 0 aromatic rings. The van der Waals surface area contributed by atoms with Crippen LogP contribution in [-0.2, 0) is 4.79 Å². The predicted molar refractivity (Wildman–Crippen MR) is 68.1 cm³/mol. The number of hydrogen-bond donors (Lipinski definition) is 3. The van der Waals surface area contributed by atoms with E-state index in [1.165, 1.54) is 0 Å². The van der Waals surface area contributed by atoms with Crippen LogP contribution in [0.15, 0.2) is 0 Å². The van der Waals surface area contributed by atoms with Gasteiger partial charge in [-0.05, 0) is 24.8 Å². The van der Waals surface area contributed by atoms with E-state index in [0.717, 1.165) is 6.42 Å². The maximum absolute atomic E-state index is 12.0. The van der Waals surface area contributed by atoms with Crippen LogP contribution in [0.4, 0.5) is 4.79 Å². The molecule has 2 amide bonds. The van der Waals surface area contributed by atoms with Crippen LogP contribution in [0.25, 0.3) is 0 Å². The number of nitrogens with one attached hydrogen (secondary N) is 1. The SMILES string of the molecule is CCC(C)[C@H](NC(=O)N1CCC(CN)C1)C(=O)O. The first kappa shape index (κ1) is 14.8. The molecule has 104 valence electrons. The van der Waals surface area contributed by atoms with Gasteiger partial charge in [0.05, 0.1) is 0 Å². The molecule has 4 N–H and O–H groups in total. The summed E-state index contributed by atoms with van der Waals surface area (Å²) < 4.78 is 0. The lowest BCUT2D eigenvalue weighted by molar-refractivity contribution is -0.140. The summed E-state index contributed by atoms with van der Waals surface area (Å²) in [5, 5.41) is 11.7. The fourth-order valence-corrected chi connectivity index (χ4v) is 2.12. The van der Waals surface area contributed by atoms with Gasteiger partial charge in [0.1, 0.15) is 6.04 Å². The number of carboxylic acids is 1. The fourth-order valence-electron chi connectivity index (χ4n) is 2.12. The number of rotatable bonds is 5. The van der Waals surface area contributed by atoms with Crippen molar-refractivity contribution < 1.29 is 14.7 Å². The molecule has 1 aliphatic rings. The van der Waals surface area contributed by atoms with Crippen LogP contribution >= 0.6 is 0 Å². The second-order valence-electron chi connectivity index (χ2n) is 4.99. The molecule has 0 aromatic heterocycles. The number of nitrogens with two attached hydrogens (primary N) is 1. The summed E-state index contributed by atoms with van der Waals surface area (Å²) in [6.07, 6.45) is 1.60. The van der Waals surface area contributed by atoms with Gasteiger partial charge in [0, 0.05) is 13.1 Å². The molecule has 0 spiro atoms. The summed E-state index contributed by atoms with van der Waals surface area (Å²) in [5.41, 5.74) is 5.56. The molecule has 0 aromatic carbocycles. The molecule has 0 bridgehead atoms. The monoisotopic (exact) mass is 257 g/mol. The lowest BCUT2D eigenvalue weighted by Gasteiger charge is -2.24. The Morgan fingerprint density at radius 1 is 1.56 bits per heavy atom. The first-order chi connectivity index (χ1) is 8.49. The highest BCUT2D eigenvalue weighted by Gasteiger charge is 2.30. The van der Waals surface area contributed by atoms with Gasteiger partial charge in [-0.15, -0.1) is 0 Å². The number of carboxylic acid groups (broad SMARTS) is 1. The predicted octanol–water partition coefficient (Wildman–Crippen LogP) is 0.476. The molecule has 6 heteroatoms. The van der Waals surface area contributed by atoms with Crippen molar-refractivity contribution in [2.75, 3.05) is 19.6 Å². The maximum Gasteiger partial charge on any atom is 0.326 e. The van der Waals surface area contributed by atoms with Crippen LogP contribution in [0.5, 0.6) is 0 Å². The molecular formula is C12H23N3O3. The zero-order valence-electron chi connectivity index (χ0n) is 11.1. The number of carbonyl (C=O) groups excluding carboxylic acids is 1. The van der Waals surface area contributed by atoms with Crippen molar-refractivity contribution in [2.45, 2.75) is 32.7 Å². The largest absolute Gasteiger partial charge is 0.480 e. The Kier molecular flexibility index (Phi) is 5.40. The maximum atomic E-state index is 12.0. The molecule has 0 radical (unpaired) electrons. The zero-order chi connectivity index (χ0) is 13.7. The van der Waals surface area contributed by atoms with Crippen LogP contribution in [0, 0.1) is 11.8 Å². The first-order valence-electron chi connectivity index (χ1n) is 6.47. The first-order valence-corrected chi connectivity index (χ1v) is 6.47. The highest BCUT2D eigenvalue weighted by atomic mass is 16.4. The Morgan fingerprint density at radius 2 is 2.22 bits per heavy atom. The second-order valence-corrected chi connectivity index (χ2v) is 4.99. The Morgan fingerprint density at radius 3 is 2.67 bits per heavy atom. The van der Waals surface area contributed by atoms with E-state index in [4.69, 9.17) is 10.8 Å². The van der Waals surface area contributed by atoms with Gasteiger partial charge in [-0.25, -0.2) is 9.59 Å². The normalized spacial score (nSPS) is 22.6. The van der Waals surface area contributed by atoms with E-state index in [1.54, 1.807) is 4.90 Å². The van der Waals surface area contributed by atoms with Crippen LogP contribution < -0.4 is 11.1 Å². The third-order valence-electron chi connectivity index (χ3n) is 3.66. The number of urea groups is 1. The van der Waals surface area contributed by atoms with Crippen LogP contribution in [-0.4, -0.2) is 47.7 Å².